The molecular formula is C20H24O5. The minimum absolute atomic E-state index is 0.0928. The number of carbonyl (C=O) groups is 2. The molecule has 0 amide bonds. The van der Waals surface area contributed by atoms with Crippen LogP contribution in [0.3, 0.4) is 0 Å². The fourth-order valence-electron chi connectivity index (χ4n) is 8.12. The molecule has 5 nitrogen and oxygen atoms in total. The SMILES string of the molecule is C=C1CC23CC1CCC2C12CC4OC4C(C)(C(=O)O1)C2C3C(=O)OC. The van der Waals surface area contributed by atoms with Gasteiger partial charge >= 0.3 is 11.9 Å². The Morgan fingerprint density at radius 3 is 2.88 bits per heavy atom. The van der Waals surface area contributed by atoms with Crippen molar-refractivity contribution in [3.05, 3.63) is 12.2 Å². The molecule has 0 aromatic rings. The van der Waals surface area contributed by atoms with Crippen molar-refractivity contribution >= 4 is 11.9 Å². The second-order valence-corrected chi connectivity index (χ2v) is 9.50. The van der Waals surface area contributed by atoms with Crippen molar-refractivity contribution < 1.29 is 23.8 Å². The van der Waals surface area contributed by atoms with E-state index in [1.165, 1.54) is 12.7 Å². The number of rotatable bonds is 1. The van der Waals surface area contributed by atoms with E-state index in [9.17, 15) is 9.59 Å². The van der Waals surface area contributed by atoms with Crippen LogP contribution in [0.1, 0.15) is 39.0 Å². The standard InChI is InChI=1S/C20H24O5/c1-9-6-19-7-10(9)4-5-12(19)20-8-11-15(24-11)18(2,17(22)25-20)14(20)13(19)16(21)23-3/h10-15H,1,4-8H2,2-3H3. The molecule has 2 aliphatic heterocycles. The highest BCUT2D eigenvalue weighted by Gasteiger charge is 2.87. The Balaban J connectivity index is 1.60. The minimum atomic E-state index is -0.715. The van der Waals surface area contributed by atoms with E-state index in [1.54, 1.807) is 0 Å². The molecular weight excluding hydrogens is 320 g/mol. The van der Waals surface area contributed by atoms with E-state index in [0.29, 0.717) is 5.92 Å². The number of ether oxygens (including phenoxy) is 3. The topological polar surface area (TPSA) is 65.1 Å². The quantitative estimate of drug-likeness (QED) is 0.415. The number of methoxy groups -OCH3 is 1. The van der Waals surface area contributed by atoms with Crippen molar-refractivity contribution in [2.75, 3.05) is 7.11 Å². The van der Waals surface area contributed by atoms with Crippen molar-refractivity contribution in [2.45, 2.75) is 56.8 Å². The van der Waals surface area contributed by atoms with Crippen LogP contribution >= 0.6 is 0 Å². The summed E-state index contributed by atoms with van der Waals surface area (Å²) in [6, 6.07) is 0. The van der Waals surface area contributed by atoms with Gasteiger partial charge in [0, 0.05) is 18.3 Å². The summed E-state index contributed by atoms with van der Waals surface area (Å²) in [6.45, 7) is 6.29. The highest BCUT2D eigenvalue weighted by molar-refractivity contribution is 5.86. The third-order valence-electron chi connectivity index (χ3n) is 8.84. The summed E-state index contributed by atoms with van der Waals surface area (Å²) < 4.78 is 17.4. The monoisotopic (exact) mass is 344 g/mol. The van der Waals surface area contributed by atoms with Crippen molar-refractivity contribution in [3.8, 4) is 0 Å². The fourth-order valence-corrected chi connectivity index (χ4v) is 8.12. The smallest absolute Gasteiger partial charge is 0.315 e. The van der Waals surface area contributed by atoms with Gasteiger partial charge in [0.2, 0.25) is 0 Å². The molecule has 0 aromatic heterocycles. The van der Waals surface area contributed by atoms with E-state index in [-0.39, 0.29) is 47.3 Å². The molecule has 0 N–H and O–H groups in total. The zero-order valence-corrected chi connectivity index (χ0v) is 14.7. The van der Waals surface area contributed by atoms with Crippen molar-refractivity contribution in [3.63, 3.8) is 0 Å². The summed E-state index contributed by atoms with van der Waals surface area (Å²) in [6.07, 6.45) is 4.75. The van der Waals surface area contributed by atoms with Crippen LogP contribution < -0.4 is 0 Å². The van der Waals surface area contributed by atoms with Gasteiger partial charge in [0.1, 0.15) is 17.1 Å². The molecule has 6 fully saturated rings. The number of allylic oxidation sites excluding steroid dienone is 1. The highest BCUT2D eigenvalue weighted by Crippen LogP contribution is 2.79. The lowest BCUT2D eigenvalue weighted by Crippen LogP contribution is -2.50. The van der Waals surface area contributed by atoms with E-state index in [1.807, 2.05) is 6.92 Å². The first-order valence-corrected chi connectivity index (χ1v) is 9.53. The van der Waals surface area contributed by atoms with E-state index in [2.05, 4.69) is 6.58 Å². The maximum absolute atomic E-state index is 13.0. The van der Waals surface area contributed by atoms with Crippen LogP contribution in [-0.2, 0) is 23.8 Å². The molecule has 5 heteroatoms. The molecule has 4 saturated carbocycles. The summed E-state index contributed by atoms with van der Waals surface area (Å²) in [5.74, 6) is -0.0150. The Morgan fingerprint density at radius 2 is 2.12 bits per heavy atom. The van der Waals surface area contributed by atoms with Gasteiger partial charge in [-0.1, -0.05) is 12.2 Å². The average Bonchev–Trinajstić information content (AvgIpc) is 3.21. The van der Waals surface area contributed by atoms with Crippen molar-refractivity contribution in [2.24, 2.45) is 34.5 Å². The largest absolute Gasteiger partial charge is 0.469 e. The predicted octanol–water partition coefficient (Wildman–Crippen LogP) is 2.24. The lowest BCUT2D eigenvalue weighted by atomic mass is 9.60. The van der Waals surface area contributed by atoms with Crippen LogP contribution in [0.4, 0.5) is 0 Å². The normalized spacial score (nSPS) is 59.8. The van der Waals surface area contributed by atoms with Gasteiger partial charge in [0.15, 0.2) is 0 Å². The first-order valence-electron chi connectivity index (χ1n) is 9.53. The Labute approximate surface area is 147 Å². The Kier molecular flexibility index (Phi) is 2.35. The summed E-state index contributed by atoms with van der Waals surface area (Å²) in [4.78, 5) is 26.0. The Hall–Kier alpha value is -1.36. The lowest BCUT2D eigenvalue weighted by Gasteiger charge is -2.43. The van der Waals surface area contributed by atoms with E-state index in [0.717, 1.165) is 32.1 Å². The van der Waals surface area contributed by atoms with Gasteiger partial charge in [-0.25, -0.2) is 0 Å². The summed E-state index contributed by atoms with van der Waals surface area (Å²) in [5.41, 5.74) is -0.123. The molecule has 9 atom stereocenters. The number of carbonyl (C=O) groups excluding carboxylic acids is 2. The second kappa shape index (κ2) is 3.98. The van der Waals surface area contributed by atoms with Crippen molar-refractivity contribution in [1.82, 2.24) is 0 Å². The van der Waals surface area contributed by atoms with Crippen LogP contribution in [0.5, 0.6) is 0 Å². The maximum Gasteiger partial charge on any atom is 0.315 e. The maximum atomic E-state index is 13.0. The number of esters is 2. The Morgan fingerprint density at radius 1 is 1.32 bits per heavy atom. The van der Waals surface area contributed by atoms with E-state index < -0.39 is 11.0 Å². The first kappa shape index (κ1) is 14.8. The number of hydrogen-bond donors (Lipinski definition) is 0. The molecule has 9 unspecified atom stereocenters. The molecule has 25 heavy (non-hydrogen) atoms. The van der Waals surface area contributed by atoms with Crippen LogP contribution in [0.15, 0.2) is 12.2 Å². The third-order valence-corrected chi connectivity index (χ3v) is 8.84. The van der Waals surface area contributed by atoms with E-state index >= 15 is 0 Å². The van der Waals surface area contributed by atoms with Gasteiger partial charge in [-0.05, 0) is 43.9 Å². The zero-order chi connectivity index (χ0) is 17.4. The van der Waals surface area contributed by atoms with Gasteiger partial charge in [0.25, 0.3) is 0 Å². The lowest BCUT2D eigenvalue weighted by molar-refractivity contribution is -0.163. The van der Waals surface area contributed by atoms with Crippen LogP contribution in [0, 0.1) is 34.5 Å². The summed E-state index contributed by atoms with van der Waals surface area (Å²) in [5, 5.41) is 0. The molecule has 0 aromatic carbocycles. The molecule has 6 rings (SSSR count). The minimum Gasteiger partial charge on any atom is -0.469 e. The van der Waals surface area contributed by atoms with Crippen molar-refractivity contribution in [1.29, 1.82) is 0 Å². The molecule has 1 spiro atoms. The molecule has 0 radical (unpaired) electrons. The predicted molar refractivity (Wildman–Crippen MR) is 86.2 cm³/mol. The molecule has 2 heterocycles. The zero-order valence-electron chi connectivity index (χ0n) is 14.7. The van der Waals surface area contributed by atoms with Crippen LogP contribution in [0.2, 0.25) is 0 Å². The number of epoxide rings is 1. The third kappa shape index (κ3) is 1.32. The first-order chi connectivity index (χ1) is 11.9. The average molecular weight is 344 g/mol. The number of fused-ring (bicyclic) bond motifs is 3. The van der Waals surface area contributed by atoms with Crippen LogP contribution in [-0.4, -0.2) is 36.9 Å². The molecule has 4 aliphatic carbocycles. The van der Waals surface area contributed by atoms with Crippen LogP contribution in [0.25, 0.3) is 0 Å². The van der Waals surface area contributed by atoms with Gasteiger partial charge in [-0.3, -0.25) is 9.59 Å². The molecule has 4 bridgehead atoms. The van der Waals surface area contributed by atoms with E-state index in [4.69, 9.17) is 14.2 Å². The van der Waals surface area contributed by atoms with Gasteiger partial charge in [0.05, 0.1) is 19.1 Å². The summed E-state index contributed by atoms with van der Waals surface area (Å²) >= 11 is 0. The van der Waals surface area contributed by atoms with Gasteiger partial charge in [-0.15, -0.1) is 0 Å². The molecule has 6 aliphatic rings. The molecule has 134 valence electrons. The van der Waals surface area contributed by atoms with Gasteiger partial charge < -0.3 is 14.2 Å². The second-order valence-electron chi connectivity index (χ2n) is 9.50. The number of hydrogen-bond acceptors (Lipinski definition) is 5. The molecule has 2 saturated heterocycles. The Bertz CT molecular complexity index is 744. The van der Waals surface area contributed by atoms with Gasteiger partial charge in [-0.2, -0.15) is 0 Å². The highest BCUT2D eigenvalue weighted by atomic mass is 16.6. The summed E-state index contributed by atoms with van der Waals surface area (Å²) in [7, 11) is 1.47. The fraction of sp³-hybridized carbons (Fsp3) is 0.800.